The fraction of sp³-hybridized carbons (Fsp3) is 0.231. The zero-order chi connectivity index (χ0) is 26.3. The summed E-state index contributed by atoms with van der Waals surface area (Å²) in [5, 5.41) is 6.17. The summed E-state index contributed by atoms with van der Waals surface area (Å²) >= 11 is 4.29. The molecular formula is C26H27N7O2S3. The number of benzene rings is 2. The molecule has 0 saturated carbocycles. The Hall–Kier alpha value is -3.32. The standard InChI is InChI=1S/C26H27N7O2S3/c27-31-25(33(28)19-7-3-1-4-8-19)38-24-12-10-20(35-24)16-29-18-9-11-21-22(15-18)37-26(30-21)36-17-23(34)32-13-5-2-6-14-32/h1,3-4,7-12,15-16H,2,5-6,13-14,17,27-28H2/b29-16-,31-25+. The molecule has 0 radical (unpaired) electrons. The number of amidine groups is 1. The van der Waals surface area contributed by atoms with Gasteiger partial charge in [-0.25, -0.2) is 10.8 Å². The van der Waals surface area contributed by atoms with Crippen LogP contribution in [0.5, 0.6) is 0 Å². The lowest BCUT2D eigenvalue weighted by atomic mass is 10.1. The molecule has 0 bridgehead atoms. The number of aliphatic imine (C=N–C) groups is 1. The Morgan fingerprint density at radius 3 is 2.74 bits per heavy atom. The lowest BCUT2D eigenvalue weighted by Crippen LogP contribution is -2.36. The summed E-state index contributed by atoms with van der Waals surface area (Å²) in [6, 6.07) is 18.9. The van der Waals surface area contributed by atoms with Gasteiger partial charge in [-0.3, -0.25) is 14.8 Å². The largest absolute Gasteiger partial charge is 0.448 e. The molecule has 0 unspecified atom stereocenters. The maximum absolute atomic E-state index is 12.5. The first kappa shape index (κ1) is 26.3. The molecular weight excluding hydrogens is 539 g/mol. The van der Waals surface area contributed by atoms with E-state index in [0.717, 1.165) is 51.9 Å². The first-order chi connectivity index (χ1) is 18.6. The Morgan fingerprint density at radius 2 is 1.95 bits per heavy atom. The number of nitrogens with zero attached hydrogens (tertiary/aromatic N) is 5. The van der Waals surface area contributed by atoms with Gasteiger partial charge in [-0.1, -0.05) is 30.0 Å². The molecule has 3 heterocycles. The SMILES string of the molecule is N/N=C(/Sc1ccc(/C=N\c2ccc3nc(SCC(=O)N4CCCCC4)sc3c2)o1)N(N)c1ccccc1. The van der Waals surface area contributed by atoms with Gasteiger partial charge in [0.05, 0.1) is 33.6 Å². The molecule has 5 rings (SSSR count). The number of hydrogen-bond acceptors (Lipinski definition) is 10. The van der Waals surface area contributed by atoms with E-state index in [9.17, 15) is 4.79 Å². The average Bonchev–Trinajstić information content (AvgIpc) is 3.60. The van der Waals surface area contributed by atoms with Gasteiger partial charge < -0.3 is 15.2 Å². The highest BCUT2D eigenvalue weighted by molar-refractivity contribution is 8.14. The molecule has 12 heteroatoms. The quantitative estimate of drug-likeness (QED) is 0.0996. The van der Waals surface area contributed by atoms with Crippen molar-refractivity contribution >= 4 is 73.7 Å². The normalized spacial score (nSPS) is 14.4. The highest BCUT2D eigenvalue weighted by Crippen LogP contribution is 2.32. The number of hydrogen-bond donors (Lipinski definition) is 2. The zero-order valence-corrected chi connectivity index (χ0v) is 23.0. The molecule has 1 amide bonds. The number of carbonyl (C=O) groups is 1. The first-order valence-corrected chi connectivity index (χ1v) is 14.7. The monoisotopic (exact) mass is 565 g/mol. The summed E-state index contributed by atoms with van der Waals surface area (Å²) < 4.78 is 7.78. The minimum atomic E-state index is 0.194. The van der Waals surface area contributed by atoms with Crippen LogP contribution in [-0.2, 0) is 4.79 Å². The predicted octanol–water partition coefficient (Wildman–Crippen LogP) is 5.45. The molecule has 1 saturated heterocycles. The van der Waals surface area contributed by atoms with Gasteiger partial charge in [0.1, 0.15) is 5.76 Å². The molecule has 38 heavy (non-hydrogen) atoms. The third-order valence-corrected chi connectivity index (χ3v) is 8.92. The number of para-hydroxylation sites is 1. The van der Waals surface area contributed by atoms with E-state index >= 15 is 0 Å². The first-order valence-electron chi connectivity index (χ1n) is 12.1. The van der Waals surface area contributed by atoms with Gasteiger partial charge in [0.2, 0.25) is 11.1 Å². The van der Waals surface area contributed by atoms with E-state index in [4.69, 9.17) is 16.1 Å². The molecule has 0 atom stereocenters. The Labute approximate surface area is 232 Å². The molecule has 2 aromatic heterocycles. The van der Waals surface area contributed by atoms with Crippen molar-refractivity contribution in [3.63, 3.8) is 0 Å². The number of piperidine rings is 1. The van der Waals surface area contributed by atoms with Gasteiger partial charge in [-0.05, 0) is 73.5 Å². The number of rotatable bonds is 7. The Balaban J connectivity index is 1.19. The fourth-order valence-corrected chi connectivity index (χ4v) is 6.63. The number of aromatic nitrogens is 1. The summed E-state index contributed by atoms with van der Waals surface area (Å²) in [7, 11) is 0. The molecule has 1 fully saturated rings. The van der Waals surface area contributed by atoms with Crippen LogP contribution < -0.4 is 16.7 Å². The van der Waals surface area contributed by atoms with Crippen LogP contribution in [0.1, 0.15) is 25.0 Å². The summed E-state index contributed by atoms with van der Waals surface area (Å²) in [6.45, 7) is 1.74. The molecule has 9 nitrogen and oxygen atoms in total. The van der Waals surface area contributed by atoms with Crippen molar-refractivity contribution in [1.82, 2.24) is 9.88 Å². The van der Waals surface area contributed by atoms with Crippen molar-refractivity contribution in [3.8, 4) is 0 Å². The number of anilines is 1. The number of thiazole rings is 1. The predicted molar refractivity (Wildman–Crippen MR) is 157 cm³/mol. The van der Waals surface area contributed by atoms with Crippen LogP contribution in [0.15, 0.2) is 84.6 Å². The molecule has 1 aliphatic heterocycles. The van der Waals surface area contributed by atoms with Gasteiger partial charge >= 0.3 is 0 Å². The van der Waals surface area contributed by atoms with Crippen LogP contribution in [0.25, 0.3) is 10.2 Å². The number of carbonyl (C=O) groups excluding carboxylic acids is 1. The summed E-state index contributed by atoms with van der Waals surface area (Å²) in [5.41, 5.74) is 2.44. The van der Waals surface area contributed by atoms with E-state index in [2.05, 4.69) is 15.1 Å². The molecule has 1 aliphatic rings. The van der Waals surface area contributed by atoms with Crippen molar-refractivity contribution in [2.75, 3.05) is 23.9 Å². The van der Waals surface area contributed by atoms with E-state index in [-0.39, 0.29) is 5.91 Å². The number of thioether (sulfide) groups is 2. The third-order valence-electron chi connectivity index (χ3n) is 5.87. The summed E-state index contributed by atoms with van der Waals surface area (Å²) in [6.07, 6.45) is 5.08. The van der Waals surface area contributed by atoms with Crippen LogP contribution in [0, 0.1) is 0 Å². The summed E-state index contributed by atoms with van der Waals surface area (Å²) in [5.74, 6) is 12.9. The minimum Gasteiger partial charge on any atom is -0.448 e. The third kappa shape index (κ3) is 6.57. The number of nitrogens with two attached hydrogens (primary N) is 2. The Morgan fingerprint density at radius 1 is 1.13 bits per heavy atom. The smallest absolute Gasteiger partial charge is 0.233 e. The molecule has 4 N–H and O–H groups in total. The van der Waals surface area contributed by atoms with E-state index in [1.54, 1.807) is 17.6 Å². The van der Waals surface area contributed by atoms with Crippen LogP contribution in [0.4, 0.5) is 11.4 Å². The second kappa shape index (κ2) is 12.5. The zero-order valence-electron chi connectivity index (χ0n) is 20.5. The maximum atomic E-state index is 12.5. The van der Waals surface area contributed by atoms with E-state index in [1.807, 2.05) is 65.6 Å². The van der Waals surface area contributed by atoms with Crippen molar-refractivity contribution in [1.29, 1.82) is 0 Å². The van der Waals surface area contributed by atoms with Crippen molar-refractivity contribution in [3.05, 3.63) is 66.4 Å². The fourth-order valence-electron chi connectivity index (χ4n) is 3.92. The second-order valence-corrected chi connectivity index (χ2v) is 11.7. The highest BCUT2D eigenvalue weighted by Gasteiger charge is 2.17. The van der Waals surface area contributed by atoms with E-state index < -0.39 is 0 Å². The van der Waals surface area contributed by atoms with E-state index in [0.29, 0.717) is 21.8 Å². The number of hydrazine groups is 1. The summed E-state index contributed by atoms with van der Waals surface area (Å²) in [4.78, 5) is 23.7. The van der Waals surface area contributed by atoms with Gasteiger partial charge in [0.25, 0.3) is 0 Å². The lowest BCUT2D eigenvalue weighted by molar-refractivity contribution is -0.129. The van der Waals surface area contributed by atoms with Gasteiger partial charge in [-0.15, -0.1) is 11.3 Å². The minimum absolute atomic E-state index is 0.194. The van der Waals surface area contributed by atoms with Crippen LogP contribution in [0.2, 0.25) is 0 Å². The van der Waals surface area contributed by atoms with Crippen LogP contribution >= 0.6 is 34.9 Å². The van der Waals surface area contributed by atoms with Gasteiger partial charge in [0, 0.05) is 13.1 Å². The maximum Gasteiger partial charge on any atom is 0.233 e. The molecule has 0 spiro atoms. The highest BCUT2D eigenvalue weighted by atomic mass is 32.2. The molecule has 196 valence electrons. The lowest BCUT2D eigenvalue weighted by Gasteiger charge is -2.26. The van der Waals surface area contributed by atoms with Crippen LogP contribution in [0.3, 0.4) is 0 Å². The van der Waals surface area contributed by atoms with Crippen LogP contribution in [-0.4, -0.2) is 46.0 Å². The number of fused-ring (bicyclic) bond motifs is 1. The number of amides is 1. The Bertz CT molecular complexity index is 1450. The molecule has 0 aliphatic carbocycles. The van der Waals surface area contributed by atoms with Gasteiger partial charge in [0.15, 0.2) is 9.43 Å². The second-order valence-electron chi connectivity index (χ2n) is 8.50. The number of hydrazone groups is 1. The van der Waals surface area contributed by atoms with Crippen molar-refractivity contribution in [2.45, 2.75) is 28.7 Å². The topological polar surface area (TPSA) is 126 Å². The van der Waals surface area contributed by atoms with E-state index in [1.165, 1.54) is 35.0 Å². The molecule has 2 aromatic carbocycles. The average molecular weight is 566 g/mol. The number of likely N-dealkylation sites (tertiary alicyclic amines) is 1. The van der Waals surface area contributed by atoms with Crippen molar-refractivity contribution in [2.24, 2.45) is 21.8 Å². The number of furan rings is 1. The molecule has 4 aromatic rings. The Kier molecular flexibility index (Phi) is 8.64. The van der Waals surface area contributed by atoms with Gasteiger partial charge in [-0.2, -0.15) is 5.10 Å². The van der Waals surface area contributed by atoms with Crippen molar-refractivity contribution < 1.29 is 9.21 Å².